The van der Waals surface area contributed by atoms with Crippen molar-refractivity contribution in [2.45, 2.75) is 12.8 Å². The minimum absolute atomic E-state index is 0.0229. The molecule has 14 heavy (non-hydrogen) atoms. The Labute approximate surface area is 83.2 Å². The molecule has 0 atom stereocenters. The molecule has 2 nitrogen and oxygen atoms in total. The molecule has 1 aromatic heterocycles. The molecule has 0 spiro atoms. The lowest BCUT2D eigenvalue weighted by atomic mass is 10.1. The summed E-state index contributed by atoms with van der Waals surface area (Å²) in [6.07, 6.45) is 3.26. The van der Waals surface area contributed by atoms with Crippen LogP contribution in [0.4, 0.5) is 0 Å². The van der Waals surface area contributed by atoms with Gasteiger partial charge in [0.25, 0.3) is 0 Å². The van der Waals surface area contributed by atoms with Crippen LogP contribution in [0.25, 0.3) is 10.8 Å². The summed E-state index contributed by atoms with van der Waals surface area (Å²) in [6.45, 7) is -0.0229. The molecule has 2 heteroatoms. The number of aromatic nitrogens is 1. The predicted octanol–water partition coefficient (Wildman–Crippen LogP) is 2.60. The van der Waals surface area contributed by atoms with Crippen LogP contribution in [0.1, 0.15) is 12.1 Å². The third-order valence-electron chi connectivity index (χ3n) is 2.31. The van der Waals surface area contributed by atoms with Gasteiger partial charge in [-0.15, -0.1) is 0 Å². The molecule has 0 N–H and O–H groups in total. The van der Waals surface area contributed by atoms with Gasteiger partial charge in [-0.1, -0.05) is 24.3 Å². The molecule has 2 rings (SSSR count). The van der Waals surface area contributed by atoms with Crippen molar-refractivity contribution < 1.29 is 5.11 Å². The minimum atomic E-state index is -0.0229. The number of hydrogen-bond donors (Lipinski definition) is 0. The molecule has 0 bridgehead atoms. The van der Waals surface area contributed by atoms with E-state index in [2.05, 4.69) is 17.1 Å². The molecule has 0 aliphatic carbocycles. The summed E-state index contributed by atoms with van der Waals surface area (Å²) in [6, 6.07) is 10.1. The first kappa shape index (κ1) is 9.16. The van der Waals surface area contributed by atoms with Crippen LogP contribution >= 0.6 is 0 Å². The summed E-state index contributed by atoms with van der Waals surface area (Å²) < 4.78 is 0. The SMILES string of the molecule is [O]CCCc1nccc2ccccc12. The fourth-order valence-corrected chi connectivity index (χ4v) is 1.62. The van der Waals surface area contributed by atoms with Crippen LogP contribution in [0, 0.1) is 0 Å². The standard InChI is InChI=1S/C12H12NO/c14-9-3-6-12-11-5-2-1-4-10(11)7-8-13-12/h1-2,4-5,7-8H,3,6,9H2. The third-order valence-corrected chi connectivity index (χ3v) is 2.31. The van der Waals surface area contributed by atoms with Crippen molar-refractivity contribution >= 4 is 10.8 Å². The summed E-state index contributed by atoms with van der Waals surface area (Å²) in [5.74, 6) is 0. The zero-order valence-electron chi connectivity index (χ0n) is 7.94. The maximum atomic E-state index is 10.4. The van der Waals surface area contributed by atoms with E-state index in [1.54, 1.807) is 0 Å². The summed E-state index contributed by atoms with van der Waals surface area (Å²) in [5.41, 5.74) is 1.04. The van der Waals surface area contributed by atoms with Gasteiger partial charge in [-0.25, -0.2) is 5.11 Å². The van der Waals surface area contributed by atoms with Gasteiger partial charge in [-0.2, -0.15) is 0 Å². The summed E-state index contributed by atoms with van der Waals surface area (Å²) in [7, 11) is 0. The van der Waals surface area contributed by atoms with Crippen LogP contribution in [0.15, 0.2) is 36.5 Å². The summed E-state index contributed by atoms with van der Waals surface area (Å²) >= 11 is 0. The molecular weight excluding hydrogens is 174 g/mol. The molecule has 0 amide bonds. The lowest BCUT2D eigenvalue weighted by Crippen LogP contribution is -1.93. The Hall–Kier alpha value is -1.41. The molecule has 1 aromatic carbocycles. The monoisotopic (exact) mass is 186 g/mol. The second-order valence-corrected chi connectivity index (χ2v) is 3.29. The van der Waals surface area contributed by atoms with E-state index in [9.17, 15) is 5.11 Å². The van der Waals surface area contributed by atoms with Gasteiger partial charge in [0.15, 0.2) is 0 Å². The number of nitrogens with zero attached hydrogens (tertiary/aromatic N) is 1. The molecule has 0 saturated heterocycles. The van der Waals surface area contributed by atoms with E-state index in [0.717, 1.165) is 12.1 Å². The number of fused-ring (bicyclic) bond motifs is 1. The number of rotatable bonds is 3. The zero-order chi connectivity index (χ0) is 9.80. The average molecular weight is 186 g/mol. The highest BCUT2D eigenvalue weighted by molar-refractivity contribution is 5.84. The zero-order valence-corrected chi connectivity index (χ0v) is 7.94. The van der Waals surface area contributed by atoms with E-state index in [0.29, 0.717) is 6.42 Å². The number of benzene rings is 1. The van der Waals surface area contributed by atoms with Crippen LogP contribution in [0.3, 0.4) is 0 Å². The largest absolute Gasteiger partial charge is 0.261 e. The Morgan fingerprint density at radius 3 is 2.86 bits per heavy atom. The highest BCUT2D eigenvalue weighted by atomic mass is 16.2. The van der Waals surface area contributed by atoms with E-state index in [4.69, 9.17) is 0 Å². The van der Waals surface area contributed by atoms with Crippen molar-refractivity contribution in [1.29, 1.82) is 0 Å². The van der Waals surface area contributed by atoms with Gasteiger partial charge in [0, 0.05) is 17.3 Å². The van der Waals surface area contributed by atoms with Gasteiger partial charge in [0.2, 0.25) is 0 Å². The lowest BCUT2D eigenvalue weighted by molar-refractivity contribution is 0.189. The van der Waals surface area contributed by atoms with Gasteiger partial charge >= 0.3 is 0 Å². The Bertz CT molecular complexity index is 420. The molecule has 1 radical (unpaired) electrons. The van der Waals surface area contributed by atoms with Crippen molar-refractivity contribution in [2.24, 2.45) is 0 Å². The Kier molecular flexibility index (Phi) is 2.75. The predicted molar refractivity (Wildman–Crippen MR) is 55.6 cm³/mol. The van der Waals surface area contributed by atoms with Crippen LogP contribution in [-0.4, -0.2) is 11.6 Å². The Balaban J connectivity index is 2.43. The first-order valence-corrected chi connectivity index (χ1v) is 4.82. The molecule has 0 saturated carbocycles. The van der Waals surface area contributed by atoms with Crippen LogP contribution < -0.4 is 0 Å². The molecule has 0 aliphatic heterocycles. The fraction of sp³-hybridized carbons (Fsp3) is 0.250. The molecular formula is C12H12NO. The highest BCUT2D eigenvalue weighted by Gasteiger charge is 2.00. The van der Waals surface area contributed by atoms with Crippen molar-refractivity contribution in [3.63, 3.8) is 0 Å². The number of pyridine rings is 1. The number of hydrogen-bond acceptors (Lipinski definition) is 1. The van der Waals surface area contributed by atoms with Crippen molar-refractivity contribution in [1.82, 2.24) is 4.98 Å². The Morgan fingerprint density at radius 2 is 2.00 bits per heavy atom. The highest BCUT2D eigenvalue weighted by Crippen LogP contribution is 2.17. The first-order valence-electron chi connectivity index (χ1n) is 4.82. The average Bonchev–Trinajstić information content (AvgIpc) is 2.26. The Morgan fingerprint density at radius 1 is 1.14 bits per heavy atom. The fourth-order valence-electron chi connectivity index (χ4n) is 1.62. The molecule has 0 fully saturated rings. The van der Waals surface area contributed by atoms with Crippen molar-refractivity contribution in [3.8, 4) is 0 Å². The van der Waals surface area contributed by atoms with Gasteiger partial charge in [0.1, 0.15) is 0 Å². The molecule has 1 heterocycles. The summed E-state index contributed by atoms with van der Waals surface area (Å²) in [5, 5.41) is 12.8. The normalized spacial score (nSPS) is 10.6. The molecule has 0 unspecified atom stereocenters. The van der Waals surface area contributed by atoms with Gasteiger partial charge < -0.3 is 0 Å². The van der Waals surface area contributed by atoms with Gasteiger partial charge in [-0.05, 0) is 24.3 Å². The van der Waals surface area contributed by atoms with Gasteiger partial charge in [0.05, 0.1) is 6.61 Å². The van der Waals surface area contributed by atoms with E-state index in [1.165, 1.54) is 10.8 Å². The van der Waals surface area contributed by atoms with Crippen LogP contribution in [0.5, 0.6) is 0 Å². The molecule has 71 valence electrons. The van der Waals surface area contributed by atoms with Crippen molar-refractivity contribution in [3.05, 3.63) is 42.2 Å². The second kappa shape index (κ2) is 4.20. The van der Waals surface area contributed by atoms with Crippen molar-refractivity contribution in [2.75, 3.05) is 6.61 Å². The third kappa shape index (κ3) is 1.75. The van der Waals surface area contributed by atoms with Gasteiger partial charge in [-0.3, -0.25) is 4.98 Å². The molecule has 2 aromatic rings. The maximum absolute atomic E-state index is 10.4. The maximum Gasteiger partial charge on any atom is 0.0826 e. The summed E-state index contributed by atoms with van der Waals surface area (Å²) in [4.78, 5) is 4.31. The van der Waals surface area contributed by atoms with E-state index in [1.807, 2.05) is 24.4 Å². The molecule has 0 aliphatic rings. The lowest BCUT2D eigenvalue weighted by Gasteiger charge is -2.03. The van der Waals surface area contributed by atoms with Crippen LogP contribution in [0.2, 0.25) is 0 Å². The number of aryl methyl sites for hydroxylation is 1. The van der Waals surface area contributed by atoms with Crippen LogP contribution in [-0.2, 0) is 11.5 Å². The minimum Gasteiger partial charge on any atom is -0.261 e. The second-order valence-electron chi connectivity index (χ2n) is 3.29. The topological polar surface area (TPSA) is 32.8 Å². The smallest absolute Gasteiger partial charge is 0.0826 e. The van der Waals surface area contributed by atoms with E-state index < -0.39 is 0 Å². The van der Waals surface area contributed by atoms with E-state index >= 15 is 0 Å². The quantitative estimate of drug-likeness (QED) is 0.725. The van der Waals surface area contributed by atoms with E-state index in [-0.39, 0.29) is 6.61 Å². The first-order chi connectivity index (χ1) is 6.92.